The van der Waals surface area contributed by atoms with Crippen LogP contribution >= 0.6 is 0 Å². The predicted octanol–water partition coefficient (Wildman–Crippen LogP) is 2.62. The first-order valence-electron chi connectivity index (χ1n) is 5.32. The van der Waals surface area contributed by atoms with E-state index in [9.17, 15) is 4.21 Å². The first-order chi connectivity index (χ1) is 6.70. The normalized spacial score (nSPS) is 26.1. The van der Waals surface area contributed by atoms with Gasteiger partial charge in [0.1, 0.15) is 0 Å². The molecule has 3 heteroatoms. The van der Waals surface area contributed by atoms with Gasteiger partial charge in [-0.3, -0.25) is 4.21 Å². The van der Waals surface area contributed by atoms with Gasteiger partial charge >= 0.3 is 0 Å². The van der Waals surface area contributed by atoms with Crippen molar-refractivity contribution in [1.82, 2.24) is 0 Å². The van der Waals surface area contributed by atoms with Crippen molar-refractivity contribution in [3.8, 4) is 0 Å². The molecule has 0 radical (unpaired) electrons. The maximum atomic E-state index is 11.4. The first-order valence-corrected chi connectivity index (χ1v) is 6.70. The van der Waals surface area contributed by atoms with Gasteiger partial charge in [-0.2, -0.15) is 0 Å². The molecule has 1 fully saturated rings. The number of hydrogen-bond acceptors (Lipinski definition) is 2. The third-order valence-corrected chi connectivity index (χ3v) is 4.26. The van der Waals surface area contributed by atoms with Crippen LogP contribution in [0.15, 0.2) is 11.8 Å². The highest BCUT2D eigenvalue weighted by molar-refractivity contribution is 7.85. The minimum Gasteiger partial charge on any atom is -0.501 e. The van der Waals surface area contributed by atoms with Gasteiger partial charge in [-0.1, -0.05) is 0 Å². The molecule has 1 aliphatic heterocycles. The monoisotopic (exact) mass is 216 g/mol. The molecule has 2 atom stereocenters. The Morgan fingerprint density at radius 1 is 1.57 bits per heavy atom. The summed E-state index contributed by atoms with van der Waals surface area (Å²) >= 11 is 0. The van der Waals surface area contributed by atoms with Crippen molar-refractivity contribution in [2.24, 2.45) is 0 Å². The fourth-order valence-electron chi connectivity index (χ4n) is 1.65. The molecule has 0 N–H and O–H groups in total. The molecule has 0 amide bonds. The van der Waals surface area contributed by atoms with Gasteiger partial charge in [0.2, 0.25) is 0 Å². The summed E-state index contributed by atoms with van der Waals surface area (Å²) in [5.74, 6) is 0.916. The van der Waals surface area contributed by atoms with Crippen molar-refractivity contribution in [1.29, 1.82) is 0 Å². The Labute approximate surface area is 89.2 Å². The van der Waals surface area contributed by atoms with Gasteiger partial charge in [-0.15, -0.1) is 0 Å². The van der Waals surface area contributed by atoms with Crippen LogP contribution in [0.5, 0.6) is 0 Å². The predicted molar refractivity (Wildman–Crippen MR) is 60.6 cm³/mol. The van der Waals surface area contributed by atoms with Crippen LogP contribution in [0.4, 0.5) is 0 Å². The summed E-state index contributed by atoms with van der Waals surface area (Å²) in [4.78, 5) is 0. The van der Waals surface area contributed by atoms with E-state index in [0.717, 1.165) is 38.0 Å². The summed E-state index contributed by atoms with van der Waals surface area (Å²) in [6.45, 7) is 4.80. The molecule has 1 saturated heterocycles. The zero-order valence-corrected chi connectivity index (χ0v) is 9.94. The third kappa shape index (κ3) is 4.27. The van der Waals surface area contributed by atoms with Crippen molar-refractivity contribution in [3.63, 3.8) is 0 Å². The molecule has 0 saturated carbocycles. The van der Waals surface area contributed by atoms with Crippen LogP contribution in [0.1, 0.15) is 39.5 Å². The van der Waals surface area contributed by atoms with E-state index < -0.39 is 10.8 Å². The van der Waals surface area contributed by atoms with Gasteiger partial charge in [-0.05, 0) is 45.1 Å². The molecule has 0 aromatic carbocycles. The average Bonchev–Trinajstić information content (AvgIpc) is 2.51. The second-order valence-electron chi connectivity index (χ2n) is 4.06. The zero-order valence-electron chi connectivity index (χ0n) is 9.12. The maximum absolute atomic E-state index is 11.4. The van der Waals surface area contributed by atoms with Crippen molar-refractivity contribution in [3.05, 3.63) is 11.8 Å². The molecular formula is C11H20O2S. The lowest BCUT2D eigenvalue weighted by Crippen LogP contribution is -2.09. The molecule has 1 rings (SSSR count). The van der Waals surface area contributed by atoms with E-state index in [1.54, 1.807) is 6.26 Å². The second kappa shape index (κ2) is 6.23. The van der Waals surface area contributed by atoms with Crippen molar-refractivity contribution >= 4 is 10.8 Å². The van der Waals surface area contributed by atoms with Crippen LogP contribution in [-0.2, 0) is 15.5 Å². The standard InChI is InChI=1S/C11H20O2S/c1-10(2)9-13-7-3-5-11-6-4-8-14(11)12/h9,11H,3-8H2,1-2H3. The van der Waals surface area contributed by atoms with Gasteiger partial charge < -0.3 is 4.74 Å². The Morgan fingerprint density at radius 2 is 2.36 bits per heavy atom. The minimum atomic E-state index is -0.546. The summed E-state index contributed by atoms with van der Waals surface area (Å²) in [7, 11) is -0.546. The molecule has 1 heterocycles. The zero-order chi connectivity index (χ0) is 10.4. The fraction of sp³-hybridized carbons (Fsp3) is 0.818. The second-order valence-corrected chi connectivity index (χ2v) is 5.89. The smallest absolute Gasteiger partial charge is 0.0873 e. The van der Waals surface area contributed by atoms with E-state index in [0.29, 0.717) is 5.25 Å². The Morgan fingerprint density at radius 3 is 2.93 bits per heavy atom. The van der Waals surface area contributed by atoms with Crippen LogP contribution in [0.3, 0.4) is 0 Å². The maximum Gasteiger partial charge on any atom is 0.0873 e. The van der Waals surface area contributed by atoms with Gasteiger partial charge in [0.05, 0.1) is 12.9 Å². The van der Waals surface area contributed by atoms with E-state index in [1.165, 1.54) is 5.57 Å². The third-order valence-electron chi connectivity index (χ3n) is 2.35. The Hall–Kier alpha value is -0.310. The van der Waals surface area contributed by atoms with E-state index in [1.807, 2.05) is 13.8 Å². The molecule has 2 unspecified atom stereocenters. The Balaban J connectivity index is 2.04. The number of hydrogen-bond donors (Lipinski definition) is 0. The molecule has 0 aliphatic carbocycles. The highest BCUT2D eigenvalue weighted by Crippen LogP contribution is 2.20. The van der Waals surface area contributed by atoms with Crippen LogP contribution in [-0.4, -0.2) is 21.8 Å². The Bertz CT molecular complexity index is 219. The summed E-state index contributed by atoms with van der Waals surface area (Å²) in [6.07, 6.45) is 6.18. The molecule has 82 valence electrons. The van der Waals surface area contributed by atoms with Gasteiger partial charge in [0.25, 0.3) is 0 Å². The van der Waals surface area contributed by atoms with E-state index >= 15 is 0 Å². The highest BCUT2D eigenvalue weighted by atomic mass is 32.2. The van der Waals surface area contributed by atoms with Crippen LogP contribution in [0, 0.1) is 0 Å². The minimum absolute atomic E-state index is 0.449. The Kier molecular flexibility index (Phi) is 5.23. The van der Waals surface area contributed by atoms with Gasteiger partial charge in [0, 0.05) is 21.8 Å². The summed E-state index contributed by atoms with van der Waals surface area (Å²) in [6, 6.07) is 0. The largest absolute Gasteiger partial charge is 0.501 e. The lowest BCUT2D eigenvalue weighted by molar-refractivity contribution is 0.238. The van der Waals surface area contributed by atoms with Crippen LogP contribution < -0.4 is 0 Å². The quantitative estimate of drug-likeness (QED) is 0.521. The molecule has 1 aliphatic rings. The van der Waals surface area contributed by atoms with Gasteiger partial charge in [-0.25, -0.2) is 0 Å². The van der Waals surface area contributed by atoms with Gasteiger partial charge in [0.15, 0.2) is 0 Å². The molecular weight excluding hydrogens is 196 g/mol. The number of ether oxygens (including phenoxy) is 1. The van der Waals surface area contributed by atoms with Crippen LogP contribution in [0.2, 0.25) is 0 Å². The van der Waals surface area contributed by atoms with Crippen molar-refractivity contribution in [2.45, 2.75) is 44.8 Å². The van der Waals surface area contributed by atoms with E-state index in [4.69, 9.17) is 4.74 Å². The first kappa shape index (κ1) is 11.8. The molecule has 14 heavy (non-hydrogen) atoms. The van der Waals surface area contributed by atoms with E-state index in [2.05, 4.69) is 0 Å². The number of rotatable bonds is 5. The average molecular weight is 216 g/mol. The summed E-state index contributed by atoms with van der Waals surface area (Å²) < 4.78 is 16.7. The lowest BCUT2D eigenvalue weighted by atomic mass is 10.2. The molecule has 0 bridgehead atoms. The fourth-order valence-corrected chi connectivity index (χ4v) is 3.29. The highest BCUT2D eigenvalue weighted by Gasteiger charge is 2.21. The van der Waals surface area contributed by atoms with Crippen molar-refractivity contribution in [2.75, 3.05) is 12.4 Å². The topological polar surface area (TPSA) is 26.3 Å². The van der Waals surface area contributed by atoms with Crippen molar-refractivity contribution < 1.29 is 8.95 Å². The molecule has 0 aromatic heterocycles. The lowest BCUT2D eigenvalue weighted by Gasteiger charge is -2.07. The summed E-state index contributed by atoms with van der Waals surface area (Å²) in [5.41, 5.74) is 1.19. The van der Waals surface area contributed by atoms with Crippen LogP contribution in [0.25, 0.3) is 0 Å². The molecule has 0 aromatic rings. The number of allylic oxidation sites excluding steroid dienone is 1. The summed E-state index contributed by atoms with van der Waals surface area (Å²) in [5, 5.41) is 0.449. The molecule has 0 spiro atoms. The molecule has 2 nitrogen and oxygen atoms in total. The SMILES string of the molecule is CC(C)=COCCCC1CCCS1=O. The van der Waals surface area contributed by atoms with E-state index in [-0.39, 0.29) is 0 Å².